The second-order valence-corrected chi connectivity index (χ2v) is 3.93. The summed E-state index contributed by atoms with van der Waals surface area (Å²) in [5, 5.41) is 23.1. The fraction of sp³-hybridized carbons (Fsp3) is 0.273. The van der Waals surface area contributed by atoms with E-state index in [1.165, 1.54) is 24.5 Å². The summed E-state index contributed by atoms with van der Waals surface area (Å²) in [4.78, 5) is 20.4. The van der Waals surface area contributed by atoms with Gasteiger partial charge in [-0.25, -0.2) is 4.98 Å². The zero-order valence-electron chi connectivity index (χ0n) is 9.76. The van der Waals surface area contributed by atoms with Crippen molar-refractivity contribution < 1.29 is 10.2 Å². The fourth-order valence-corrected chi connectivity index (χ4v) is 1.71. The predicted molar refractivity (Wildman–Crippen MR) is 67.3 cm³/mol. The summed E-state index contributed by atoms with van der Waals surface area (Å²) in [7, 11) is 0. The highest BCUT2D eigenvalue weighted by Crippen LogP contribution is 2.20. The number of H-pyrrole nitrogens is 1. The molecule has 0 saturated carbocycles. The van der Waals surface area contributed by atoms with Gasteiger partial charge in [-0.2, -0.15) is 0 Å². The van der Waals surface area contributed by atoms with Crippen molar-refractivity contribution in [2.24, 2.45) is 5.11 Å². The zero-order valence-corrected chi connectivity index (χ0v) is 9.76. The summed E-state index contributed by atoms with van der Waals surface area (Å²) in [6.07, 6.45) is -1.16. The Labute approximate surface area is 107 Å². The molecule has 1 aromatic carbocycles. The highest BCUT2D eigenvalue weighted by Gasteiger charge is 2.18. The number of benzene rings is 1. The smallest absolute Gasteiger partial charge is 0.258 e. The largest absolute Gasteiger partial charge is 0.390 e. The van der Waals surface area contributed by atoms with E-state index in [1.807, 2.05) is 0 Å². The molecule has 0 radical (unpaired) electrons. The molecule has 0 amide bonds. The minimum Gasteiger partial charge on any atom is -0.390 e. The van der Waals surface area contributed by atoms with Crippen LogP contribution in [0.3, 0.4) is 0 Å². The average molecular weight is 261 g/mol. The molecule has 8 nitrogen and oxygen atoms in total. The van der Waals surface area contributed by atoms with E-state index >= 15 is 0 Å². The van der Waals surface area contributed by atoms with Gasteiger partial charge in [-0.15, -0.1) is 0 Å². The van der Waals surface area contributed by atoms with Gasteiger partial charge in [-0.1, -0.05) is 11.2 Å². The van der Waals surface area contributed by atoms with E-state index in [9.17, 15) is 15.0 Å². The maximum absolute atomic E-state index is 11.5. The maximum Gasteiger partial charge on any atom is 0.258 e. The Morgan fingerprint density at radius 1 is 1.47 bits per heavy atom. The summed E-state index contributed by atoms with van der Waals surface area (Å²) >= 11 is 0. The number of nitrogens with one attached hydrogen (secondary N) is 1. The van der Waals surface area contributed by atoms with Crippen molar-refractivity contribution in [3.63, 3.8) is 0 Å². The first-order valence-electron chi connectivity index (χ1n) is 5.48. The third-order valence-corrected chi connectivity index (χ3v) is 2.70. The predicted octanol–water partition coefficient (Wildman–Crippen LogP) is 0.628. The van der Waals surface area contributed by atoms with Crippen molar-refractivity contribution in [2.45, 2.75) is 12.2 Å². The van der Waals surface area contributed by atoms with Gasteiger partial charge in [0.1, 0.15) is 6.10 Å². The molecule has 1 heterocycles. The Morgan fingerprint density at radius 3 is 3.00 bits per heavy atom. The number of hydrogen-bond acceptors (Lipinski definition) is 5. The van der Waals surface area contributed by atoms with E-state index < -0.39 is 12.2 Å². The minimum atomic E-state index is -1.21. The lowest BCUT2D eigenvalue weighted by molar-refractivity contribution is 0.0245. The molecule has 0 fully saturated rings. The van der Waals surface area contributed by atoms with Crippen LogP contribution in [0.25, 0.3) is 21.3 Å². The second-order valence-electron chi connectivity index (χ2n) is 3.93. The zero-order chi connectivity index (χ0) is 13.8. The number of fused-ring (bicyclic) bond motifs is 1. The van der Waals surface area contributed by atoms with Gasteiger partial charge in [0.2, 0.25) is 0 Å². The lowest BCUT2D eigenvalue weighted by Crippen LogP contribution is -2.21. The molecule has 8 heteroatoms. The highest BCUT2D eigenvalue weighted by molar-refractivity contribution is 5.77. The molecule has 2 aromatic rings. The lowest BCUT2D eigenvalue weighted by Gasteiger charge is -2.16. The highest BCUT2D eigenvalue weighted by atomic mass is 16.3. The molecule has 1 aromatic heterocycles. The van der Waals surface area contributed by atoms with Gasteiger partial charge in [0.05, 0.1) is 29.9 Å². The van der Waals surface area contributed by atoms with Crippen molar-refractivity contribution in [3.05, 3.63) is 50.9 Å². The molecule has 0 aliphatic heterocycles. The van der Waals surface area contributed by atoms with E-state index in [1.54, 1.807) is 0 Å². The molecule has 0 bridgehead atoms. The van der Waals surface area contributed by atoms with Crippen LogP contribution in [0.2, 0.25) is 0 Å². The fourth-order valence-electron chi connectivity index (χ4n) is 1.71. The number of azide groups is 1. The SMILES string of the molecule is [N-]=[N+]=NCC(O)C(O)c1ccc2c(=O)[nH]cnc2c1. The molecule has 2 atom stereocenters. The lowest BCUT2D eigenvalue weighted by atomic mass is 10.0. The van der Waals surface area contributed by atoms with E-state index in [0.717, 1.165) is 0 Å². The van der Waals surface area contributed by atoms with Crippen LogP contribution >= 0.6 is 0 Å². The Bertz CT molecular complexity index is 692. The molecule has 0 aliphatic carbocycles. The Kier molecular flexibility index (Phi) is 3.76. The van der Waals surface area contributed by atoms with E-state index in [4.69, 9.17) is 5.53 Å². The summed E-state index contributed by atoms with van der Waals surface area (Å²) in [6.45, 7) is -0.238. The molecule has 0 aliphatic rings. The summed E-state index contributed by atoms with van der Waals surface area (Å²) in [5.74, 6) is 0. The van der Waals surface area contributed by atoms with Gasteiger partial charge in [-0.3, -0.25) is 4.79 Å². The number of hydrogen-bond donors (Lipinski definition) is 3. The first-order valence-corrected chi connectivity index (χ1v) is 5.48. The first-order chi connectivity index (χ1) is 9.13. The maximum atomic E-state index is 11.5. The molecule has 2 unspecified atom stereocenters. The van der Waals surface area contributed by atoms with E-state index in [2.05, 4.69) is 20.0 Å². The Morgan fingerprint density at radius 2 is 2.26 bits per heavy atom. The quantitative estimate of drug-likeness (QED) is 0.422. The standard InChI is InChI=1S/C11H11N5O3/c12-16-15-4-9(17)10(18)6-1-2-7-8(3-6)13-5-14-11(7)19/h1-3,5,9-10,17-18H,4H2,(H,13,14,19). The van der Waals surface area contributed by atoms with Crippen molar-refractivity contribution in [3.8, 4) is 0 Å². The van der Waals surface area contributed by atoms with E-state index in [-0.39, 0.29) is 12.1 Å². The van der Waals surface area contributed by atoms with Crippen LogP contribution in [0.1, 0.15) is 11.7 Å². The Hall–Kier alpha value is -2.41. The number of aliphatic hydroxyl groups is 2. The van der Waals surface area contributed by atoms with Gasteiger partial charge >= 0.3 is 0 Å². The molecule has 3 N–H and O–H groups in total. The van der Waals surface area contributed by atoms with E-state index in [0.29, 0.717) is 16.5 Å². The summed E-state index contributed by atoms with van der Waals surface area (Å²) in [6, 6.07) is 4.54. The third-order valence-electron chi connectivity index (χ3n) is 2.70. The average Bonchev–Trinajstić information content (AvgIpc) is 2.43. The van der Waals surface area contributed by atoms with Crippen LogP contribution in [-0.2, 0) is 0 Å². The van der Waals surface area contributed by atoms with Gasteiger partial charge in [-0.05, 0) is 23.2 Å². The molecular weight excluding hydrogens is 250 g/mol. The number of rotatable bonds is 4. The molecule has 98 valence electrons. The molecule has 0 saturated heterocycles. The monoisotopic (exact) mass is 261 g/mol. The molecule has 2 rings (SSSR count). The third kappa shape index (κ3) is 2.71. The first kappa shape index (κ1) is 13.0. The summed E-state index contributed by atoms with van der Waals surface area (Å²) < 4.78 is 0. The molecule has 0 spiro atoms. The molecule has 19 heavy (non-hydrogen) atoms. The Balaban J connectivity index is 2.35. The van der Waals surface area contributed by atoms with Crippen LogP contribution in [-0.4, -0.2) is 32.8 Å². The van der Waals surface area contributed by atoms with Gasteiger partial charge in [0, 0.05) is 4.91 Å². The number of aromatic amines is 1. The van der Waals surface area contributed by atoms with Crippen LogP contribution < -0.4 is 5.56 Å². The van der Waals surface area contributed by atoms with Crippen molar-refractivity contribution in [1.29, 1.82) is 0 Å². The van der Waals surface area contributed by atoms with Crippen LogP contribution in [0.15, 0.2) is 34.4 Å². The number of aliphatic hydroxyl groups excluding tert-OH is 2. The van der Waals surface area contributed by atoms with Crippen molar-refractivity contribution in [2.75, 3.05) is 6.54 Å². The van der Waals surface area contributed by atoms with Crippen molar-refractivity contribution >= 4 is 10.9 Å². The van der Waals surface area contributed by atoms with Crippen LogP contribution in [0, 0.1) is 0 Å². The number of nitrogens with zero attached hydrogens (tertiary/aromatic N) is 4. The topological polar surface area (TPSA) is 135 Å². The molecular formula is C11H11N5O3. The van der Waals surface area contributed by atoms with Crippen molar-refractivity contribution in [1.82, 2.24) is 9.97 Å². The van der Waals surface area contributed by atoms with Gasteiger partial charge < -0.3 is 15.2 Å². The normalized spacial score (nSPS) is 13.8. The second kappa shape index (κ2) is 5.49. The van der Waals surface area contributed by atoms with Gasteiger partial charge in [0.15, 0.2) is 0 Å². The number of aromatic nitrogens is 2. The van der Waals surface area contributed by atoms with Crippen LogP contribution in [0.5, 0.6) is 0 Å². The summed E-state index contributed by atoms with van der Waals surface area (Å²) in [5.41, 5.74) is 8.69. The van der Waals surface area contributed by atoms with Gasteiger partial charge in [0.25, 0.3) is 5.56 Å². The minimum absolute atomic E-state index is 0.238. The van der Waals surface area contributed by atoms with Crippen LogP contribution in [0.4, 0.5) is 0 Å².